The van der Waals surface area contributed by atoms with Crippen LogP contribution in [0.4, 0.5) is 11.4 Å². The topological polar surface area (TPSA) is 92.8 Å². The molecule has 3 amide bonds. The predicted molar refractivity (Wildman–Crippen MR) is 129 cm³/mol. The first-order chi connectivity index (χ1) is 16.2. The van der Waals surface area contributed by atoms with Crippen LogP contribution in [-0.4, -0.2) is 41.1 Å². The molecule has 1 saturated carbocycles. The minimum atomic E-state index is -0.741. The molecule has 0 bridgehead atoms. The molecular formula is C25H24Cl2N2O5. The first kappa shape index (κ1) is 24.2. The molecule has 1 N–H and O–H groups in total. The quantitative estimate of drug-likeness (QED) is 0.375. The first-order valence-corrected chi connectivity index (χ1v) is 11.8. The molecule has 34 heavy (non-hydrogen) atoms. The Labute approximate surface area is 207 Å². The number of halogens is 2. The van der Waals surface area contributed by atoms with Gasteiger partial charge in [0.1, 0.15) is 0 Å². The van der Waals surface area contributed by atoms with E-state index in [0.717, 1.165) is 16.0 Å². The third-order valence-corrected chi connectivity index (χ3v) is 7.47. The van der Waals surface area contributed by atoms with Crippen molar-refractivity contribution in [2.45, 2.75) is 37.4 Å². The van der Waals surface area contributed by atoms with E-state index in [1.807, 2.05) is 26.0 Å². The van der Waals surface area contributed by atoms with E-state index in [1.165, 1.54) is 12.1 Å². The largest absolute Gasteiger partial charge is 0.452 e. The van der Waals surface area contributed by atoms with Crippen molar-refractivity contribution in [1.29, 1.82) is 0 Å². The van der Waals surface area contributed by atoms with E-state index < -0.39 is 30.3 Å². The van der Waals surface area contributed by atoms with Crippen LogP contribution in [-0.2, 0) is 19.1 Å². The van der Waals surface area contributed by atoms with Gasteiger partial charge in [0.05, 0.1) is 33.8 Å². The second kappa shape index (κ2) is 9.76. The normalized spacial score (nSPS) is 24.1. The fourth-order valence-electron chi connectivity index (χ4n) is 4.35. The first-order valence-electron chi connectivity index (χ1n) is 11.0. The molecule has 1 heterocycles. The number of carbonyl (C=O) groups excluding carboxylic acids is 4. The van der Waals surface area contributed by atoms with E-state index in [9.17, 15) is 19.2 Å². The Kier molecular flexibility index (Phi) is 6.96. The van der Waals surface area contributed by atoms with Gasteiger partial charge in [-0.1, -0.05) is 12.1 Å². The van der Waals surface area contributed by atoms with Crippen LogP contribution in [0.1, 0.15) is 34.3 Å². The number of aryl methyl sites for hydroxylation is 2. The number of hydrogen-bond donors (Lipinski definition) is 1. The van der Waals surface area contributed by atoms with Crippen LogP contribution in [0.3, 0.4) is 0 Å². The predicted octanol–water partition coefficient (Wildman–Crippen LogP) is 4.21. The van der Waals surface area contributed by atoms with Crippen molar-refractivity contribution >= 4 is 58.3 Å². The van der Waals surface area contributed by atoms with Crippen LogP contribution in [0.2, 0.25) is 0 Å². The molecule has 1 aliphatic heterocycles. The highest BCUT2D eigenvalue weighted by Gasteiger charge is 2.52. The highest BCUT2D eigenvalue weighted by Crippen LogP contribution is 2.43. The number of amides is 3. The average molecular weight is 503 g/mol. The Morgan fingerprint density at radius 1 is 0.971 bits per heavy atom. The summed E-state index contributed by atoms with van der Waals surface area (Å²) in [7, 11) is 0. The molecule has 1 aliphatic carbocycles. The summed E-state index contributed by atoms with van der Waals surface area (Å²) in [6.45, 7) is 3.43. The summed E-state index contributed by atoms with van der Waals surface area (Å²) >= 11 is 12.5. The lowest BCUT2D eigenvalue weighted by Crippen LogP contribution is -2.34. The minimum Gasteiger partial charge on any atom is -0.452 e. The SMILES string of the molecule is Cc1ccc(NC(=O)COC(=O)c2cccc(N3C(=O)[C@@H]4C[C@@H](Cl)[C@@H](Cl)C[C@H]4C3=O)c2)cc1C. The summed E-state index contributed by atoms with van der Waals surface area (Å²) in [4.78, 5) is 51.7. The summed E-state index contributed by atoms with van der Waals surface area (Å²) in [5.41, 5.74) is 3.13. The van der Waals surface area contributed by atoms with Gasteiger partial charge < -0.3 is 10.1 Å². The van der Waals surface area contributed by atoms with Crippen LogP contribution in [0.25, 0.3) is 0 Å². The third kappa shape index (κ3) is 4.81. The lowest BCUT2D eigenvalue weighted by Gasteiger charge is -2.28. The number of imide groups is 1. The number of esters is 1. The Hall–Kier alpha value is -2.90. The van der Waals surface area contributed by atoms with Crippen molar-refractivity contribution < 1.29 is 23.9 Å². The van der Waals surface area contributed by atoms with Gasteiger partial charge in [0.15, 0.2) is 6.61 Å². The van der Waals surface area contributed by atoms with E-state index in [0.29, 0.717) is 18.5 Å². The summed E-state index contributed by atoms with van der Waals surface area (Å²) < 4.78 is 5.14. The van der Waals surface area contributed by atoms with Gasteiger partial charge in [0, 0.05) is 5.69 Å². The zero-order valence-corrected chi connectivity index (χ0v) is 20.2. The second-order valence-corrected chi connectivity index (χ2v) is 9.82. The van der Waals surface area contributed by atoms with Gasteiger partial charge >= 0.3 is 5.97 Å². The molecule has 2 aromatic rings. The Balaban J connectivity index is 1.41. The van der Waals surface area contributed by atoms with Crippen molar-refractivity contribution in [2.75, 3.05) is 16.8 Å². The van der Waals surface area contributed by atoms with Gasteiger partial charge in [-0.05, 0) is 68.1 Å². The molecule has 0 unspecified atom stereocenters. The number of alkyl halides is 2. The molecule has 178 valence electrons. The van der Waals surface area contributed by atoms with Crippen LogP contribution in [0.5, 0.6) is 0 Å². The lowest BCUT2D eigenvalue weighted by atomic mass is 9.80. The van der Waals surface area contributed by atoms with E-state index in [4.69, 9.17) is 27.9 Å². The molecule has 0 radical (unpaired) electrons. The zero-order valence-electron chi connectivity index (χ0n) is 18.7. The molecule has 0 spiro atoms. The molecule has 0 aromatic heterocycles. The molecule has 9 heteroatoms. The average Bonchev–Trinajstić information content (AvgIpc) is 3.04. The Bertz CT molecular complexity index is 1140. The van der Waals surface area contributed by atoms with E-state index in [2.05, 4.69) is 5.32 Å². The second-order valence-electron chi connectivity index (χ2n) is 8.70. The fourth-order valence-corrected chi connectivity index (χ4v) is 4.94. The molecule has 1 saturated heterocycles. The number of anilines is 2. The molecular weight excluding hydrogens is 479 g/mol. The summed E-state index contributed by atoms with van der Waals surface area (Å²) in [6, 6.07) is 11.5. The smallest absolute Gasteiger partial charge is 0.338 e. The standard InChI is InChI=1S/C25H24Cl2N2O5/c1-13-6-7-16(8-14(13)2)28-22(30)12-34-25(33)15-4-3-5-17(9-15)29-23(31)18-10-20(26)21(27)11-19(18)24(29)32/h3-9,18-21H,10-12H2,1-2H3,(H,28,30)/t18-,19-,20-,21+/m1/s1. The lowest BCUT2D eigenvalue weighted by molar-refractivity contribution is -0.122. The number of fused-ring (bicyclic) bond motifs is 1. The number of benzene rings is 2. The third-order valence-electron chi connectivity index (χ3n) is 6.38. The van der Waals surface area contributed by atoms with Crippen molar-refractivity contribution in [3.8, 4) is 0 Å². The maximum absolute atomic E-state index is 13.0. The summed E-state index contributed by atoms with van der Waals surface area (Å²) in [5, 5.41) is 1.93. The van der Waals surface area contributed by atoms with Gasteiger partial charge in [-0.15, -0.1) is 23.2 Å². The Morgan fingerprint density at radius 3 is 2.24 bits per heavy atom. The van der Waals surface area contributed by atoms with Crippen molar-refractivity contribution in [1.82, 2.24) is 0 Å². The molecule has 4 atom stereocenters. The van der Waals surface area contributed by atoms with Gasteiger partial charge in [-0.25, -0.2) is 4.79 Å². The van der Waals surface area contributed by atoms with Crippen LogP contribution >= 0.6 is 23.2 Å². The number of nitrogens with one attached hydrogen (secondary N) is 1. The molecule has 2 aromatic carbocycles. The molecule has 2 fully saturated rings. The van der Waals surface area contributed by atoms with Crippen LogP contribution in [0, 0.1) is 25.7 Å². The Morgan fingerprint density at radius 2 is 1.62 bits per heavy atom. The van der Waals surface area contributed by atoms with Gasteiger partial charge in [0.25, 0.3) is 5.91 Å². The van der Waals surface area contributed by atoms with Gasteiger partial charge in [-0.3, -0.25) is 19.3 Å². The molecule has 4 rings (SSSR count). The van der Waals surface area contributed by atoms with Gasteiger partial charge in [-0.2, -0.15) is 0 Å². The highest BCUT2D eigenvalue weighted by molar-refractivity contribution is 6.31. The van der Waals surface area contributed by atoms with Crippen LogP contribution in [0.15, 0.2) is 42.5 Å². The van der Waals surface area contributed by atoms with E-state index >= 15 is 0 Å². The number of carbonyl (C=O) groups is 4. The maximum Gasteiger partial charge on any atom is 0.338 e. The monoisotopic (exact) mass is 502 g/mol. The minimum absolute atomic E-state index is 0.123. The van der Waals surface area contributed by atoms with Gasteiger partial charge in [0.2, 0.25) is 11.8 Å². The van der Waals surface area contributed by atoms with Crippen molar-refractivity contribution in [3.05, 3.63) is 59.2 Å². The maximum atomic E-state index is 13.0. The van der Waals surface area contributed by atoms with Crippen LogP contribution < -0.4 is 10.2 Å². The number of ether oxygens (including phenoxy) is 1. The highest BCUT2D eigenvalue weighted by atomic mass is 35.5. The van der Waals surface area contributed by atoms with E-state index in [-0.39, 0.29) is 33.8 Å². The number of nitrogens with zero attached hydrogens (tertiary/aromatic N) is 1. The summed E-state index contributed by atoms with van der Waals surface area (Å²) in [5.74, 6) is -2.95. The number of rotatable bonds is 5. The van der Waals surface area contributed by atoms with E-state index in [1.54, 1.807) is 18.2 Å². The summed E-state index contributed by atoms with van der Waals surface area (Å²) in [6.07, 6.45) is 0.664. The fraction of sp³-hybridized carbons (Fsp3) is 0.360. The zero-order chi connectivity index (χ0) is 24.6. The molecule has 7 nitrogen and oxygen atoms in total. The molecule has 2 aliphatic rings. The van der Waals surface area contributed by atoms with Crippen molar-refractivity contribution in [3.63, 3.8) is 0 Å². The number of hydrogen-bond acceptors (Lipinski definition) is 5. The van der Waals surface area contributed by atoms with Crippen molar-refractivity contribution in [2.24, 2.45) is 11.8 Å².